The van der Waals surface area contributed by atoms with Crippen LogP contribution in [0.1, 0.15) is 43.0 Å². The highest BCUT2D eigenvalue weighted by atomic mass is 32.2. The Morgan fingerprint density at radius 1 is 1.48 bits per heavy atom. The van der Waals surface area contributed by atoms with E-state index in [2.05, 4.69) is 33.8 Å². The molecule has 0 bridgehead atoms. The van der Waals surface area contributed by atoms with Gasteiger partial charge in [-0.1, -0.05) is 25.1 Å². The van der Waals surface area contributed by atoms with Crippen LogP contribution in [0.4, 0.5) is 0 Å². The Morgan fingerprint density at radius 2 is 2.35 bits per heavy atom. The molecule has 0 saturated heterocycles. The predicted octanol–water partition coefficient (Wildman–Crippen LogP) is 4.45. The summed E-state index contributed by atoms with van der Waals surface area (Å²) in [6.07, 6.45) is 6.53. The Hall–Kier alpha value is -1.32. The number of hydrogen-bond donors (Lipinski definition) is 0. The maximum atomic E-state index is 8.60. The summed E-state index contributed by atoms with van der Waals surface area (Å²) in [6.45, 7) is 2.29. The van der Waals surface area contributed by atoms with Crippen LogP contribution in [0.3, 0.4) is 0 Å². The summed E-state index contributed by atoms with van der Waals surface area (Å²) in [7, 11) is 2.04. The molecule has 4 nitrogen and oxygen atoms in total. The average Bonchev–Trinajstić information content (AvgIpc) is 3.14. The molecule has 0 spiro atoms. The van der Waals surface area contributed by atoms with E-state index in [-0.39, 0.29) is 0 Å². The van der Waals surface area contributed by atoms with Crippen molar-refractivity contribution in [3.05, 3.63) is 16.5 Å². The van der Waals surface area contributed by atoms with Crippen molar-refractivity contribution in [3.8, 4) is 16.8 Å². The smallest absolute Gasteiger partial charge is 0.191 e. The SMILES string of the molecule is CCC1CCc2sc(-c3nnc(SCCCC#N)n3C)cc2C1. The maximum Gasteiger partial charge on any atom is 0.191 e. The van der Waals surface area contributed by atoms with E-state index in [0.717, 1.165) is 29.1 Å². The third-order valence-corrected chi connectivity index (χ3v) is 6.82. The summed E-state index contributed by atoms with van der Waals surface area (Å²) >= 11 is 3.57. The zero-order chi connectivity index (χ0) is 16.2. The Labute approximate surface area is 145 Å². The van der Waals surface area contributed by atoms with Crippen LogP contribution in [0.2, 0.25) is 0 Å². The summed E-state index contributed by atoms with van der Waals surface area (Å²) in [4.78, 5) is 2.78. The van der Waals surface area contributed by atoms with E-state index < -0.39 is 0 Å². The van der Waals surface area contributed by atoms with Crippen LogP contribution in [0, 0.1) is 17.2 Å². The average molecular weight is 347 g/mol. The van der Waals surface area contributed by atoms with Crippen LogP contribution in [-0.4, -0.2) is 20.5 Å². The van der Waals surface area contributed by atoms with Gasteiger partial charge in [0.1, 0.15) is 0 Å². The van der Waals surface area contributed by atoms with Crippen LogP contribution in [0.25, 0.3) is 10.7 Å². The molecule has 1 aliphatic carbocycles. The first-order valence-electron chi connectivity index (χ1n) is 8.24. The molecule has 0 aromatic carbocycles. The Bertz CT molecular complexity index is 711. The lowest BCUT2D eigenvalue weighted by Crippen LogP contribution is -2.10. The number of rotatable bonds is 6. The van der Waals surface area contributed by atoms with Gasteiger partial charge in [-0.3, -0.25) is 0 Å². The van der Waals surface area contributed by atoms with Crippen molar-refractivity contribution in [2.24, 2.45) is 13.0 Å². The van der Waals surface area contributed by atoms with E-state index in [1.54, 1.807) is 11.8 Å². The third-order valence-electron chi connectivity index (χ3n) is 4.48. The topological polar surface area (TPSA) is 54.5 Å². The minimum Gasteiger partial charge on any atom is -0.305 e. The zero-order valence-corrected chi connectivity index (χ0v) is 15.3. The fraction of sp³-hybridized carbons (Fsp3) is 0.588. The molecule has 6 heteroatoms. The quantitative estimate of drug-likeness (QED) is 0.572. The molecular formula is C17H22N4S2. The molecule has 122 valence electrons. The van der Waals surface area contributed by atoms with Crippen molar-refractivity contribution < 1.29 is 0 Å². The minimum absolute atomic E-state index is 0.605. The maximum absolute atomic E-state index is 8.60. The van der Waals surface area contributed by atoms with Gasteiger partial charge in [-0.2, -0.15) is 5.26 Å². The van der Waals surface area contributed by atoms with Crippen molar-refractivity contribution in [2.75, 3.05) is 5.75 Å². The first-order valence-corrected chi connectivity index (χ1v) is 10.0. The molecule has 0 fully saturated rings. The van der Waals surface area contributed by atoms with Crippen molar-refractivity contribution in [2.45, 2.75) is 50.6 Å². The fourth-order valence-electron chi connectivity index (χ4n) is 3.03. The van der Waals surface area contributed by atoms with Gasteiger partial charge in [0, 0.05) is 24.1 Å². The van der Waals surface area contributed by atoms with Gasteiger partial charge in [0.2, 0.25) is 0 Å². The molecule has 0 saturated carbocycles. The normalized spacial score (nSPS) is 17.0. The number of fused-ring (bicyclic) bond motifs is 1. The molecule has 1 aliphatic rings. The van der Waals surface area contributed by atoms with E-state index in [9.17, 15) is 0 Å². The molecule has 0 amide bonds. The lowest BCUT2D eigenvalue weighted by Gasteiger charge is -2.19. The molecule has 23 heavy (non-hydrogen) atoms. The van der Waals surface area contributed by atoms with Crippen molar-refractivity contribution in [1.82, 2.24) is 14.8 Å². The van der Waals surface area contributed by atoms with Gasteiger partial charge in [0.15, 0.2) is 11.0 Å². The van der Waals surface area contributed by atoms with Gasteiger partial charge in [-0.25, -0.2) is 0 Å². The second-order valence-electron chi connectivity index (χ2n) is 6.05. The number of nitriles is 1. The molecule has 0 N–H and O–H groups in total. The molecule has 0 aliphatic heterocycles. The molecular weight excluding hydrogens is 324 g/mol. The van der Waals surface area contributed by atoms with E-state index in [1.165, 1.54) is 41.0 Å². The van der Waals surface area contributed by atoms with Gasteiger partial charge in [-0.05, 0) is 43.2 Å². The van der Waals surface area contributed by atoms with E-state index in [1.807, 2.05) is 18.4 Å². The minimum atomic E-state index is 0.605. The molecule has 2 aromatic rings. The molecule has 2 aromatic heterocycles. The predicted molar refractivity (Wildman–Crippen MR) is 95.7 cm³/mol. The highest BCUT2D eigenvalue weighted by Gasteiger charge is 2.22. The van der Waals surface area contributed by atoms with Gasteiger partial charge in [0.05, 0.1) is 10.9 Å². The molecule has 0 radical (unpaired) electrons. The van der Waals surface area contributed by atoms with Gasteiger partial charge in [0.25, 0.3) is 0 Å². The first kappa shape index (κ1) is 16.5. The summed E-state index contributed by atoms with van der Waals surface area (Å²) in [5.41, 5.74) is 1.52. The lowest BCUT2D eigenvalue weighted by molar-refractivity contribution is 0.449. The monoisotopic (exact) mass is 346 g/mol. The second kappa shape index (κ2) is 7.50. The largest absolute Gasteiger partial charge is 0.305 e. The number of hydrogen-bond acceptors (Lipinski definition) is 5. The highest BCUT2D eigenvalue weighted by Crippen LogP contribution is 2.38. The number of nitrogens with zero attached hydrogens (tertiary/aromatic N) is 4. The Balaban J connectivity index is 1.74. The van der Waals surface area contributed by atoms with Gasteiger partial charge >= 0.3 is 0 Å². The van der Waals surface area contributed by atoms with Crippen LogP contribution in [0.15, 0.2) is 11.2 Å². The molecule has 1 unspecified atom stereocenters. The Morgan fingerprint density at radius 3 is 3.13 bits per heavy atom. The Kier molecular flexibility index (Phi) is 5.39. The second-order valence-corrected chi connectivity index (χ2v) is 8.25. The summed E-state index contributed by atoms with van der Waals surface area (Å²) in [5.74, 6) is 2.73. The van der Waals surface area contributed by atoms with Gasteiger partial charge < -0.3 is 4.57 Å². The summed E-state index contributed by atoms with van der Waals surface area (Å²) in [6, 6.07) is 4.51. The van der Waals surface area contributed by atoms with Crippen LogP contribution in [-0.2, 0) is 19.9 Å². The molecule has 2 heterocycles. The standard InChI is InChI=1S/C17H22N4S2/c1-3-12-6-7-14-13(10-12)11-15(23-14)16-19-20-17(21(16)2)22-9-5-4-8-18/h11-12H,3-7,9-10H2,1-2H3. The van der Waals surface area contributed by atoms with Crippen molar-refractivity contribution in [1.29, 1.82) is 5.26 Å². The zero-order valence-electron chi connectivity index (χ0n) is 13.7. The van der Waals surface area contributed by atoms with Crippen LogP contribution < -0.4 is 0 Å². The van der Waals surface area contributed by atoms with Crippen LogP contribution >= 0.6 is 23.1 Å². The van der Waals surface area contributed by atoms with E-state index in [0.29, 0.717) is 6.42 Å². The van der Waals surface area contributed by atoms with Crippen molar-refractivity contribution in [3.63, 3.8) is 0 Å². The summed E-state index contributed by atoms with van der Waals surface area (Å²) < 4.78 is 2.09. The summed E-state index contributed by atoms with van der Waals surface area (Å²) in [5, 5.41) is 18.3. The first-order chi connectivity index (χ1) is 11.2. The van der Waals surface area contributed by atoms with Crippen LogP contribution in [0.5, 0.6) is 0 Å². The molecule has 1 atom stereocenters. The number of unbranched alkanes of at least 4 members (excludes halogenated alkanes) is 1. The highest BCUT2D eigenvalue weighted by molar-refractivity contribution is 7.99. The number of thiophene rings is 1. The third kappa shape index (κ3) is 3.61. The number of aryl methyl sites for hydroxylation is 1. The van der Waals surface area contributed by atoms with E-state index >= 15 is 0 Å². The van der Waals surface area contributed by atoms with Crippen molar-refractivity contribution >= 4 is 23.1 Å². The molecule has 3 rings (SSSR count). The number of aromatic nitrogens is 3. The van der Waals surface area contributed by atoms with Gasteiger partial charge in [-0.15, -0.1) is 21.5 Å². The lowest BCUT2D eigenvalue weighted by atomic mass is 9.87. The number of thioether (sulfide) groups is 1. The van der Waals surface area contributed by atoms with E-state index in [4.69, 9.17) is 5.26 Å². The fourth-order valence-corrected chi connectivity index (χ4v) is 5.11.